The van der Waals surface area contributed by atoms with Crippen molar-refractivity contribution in [3.8, 4) is 11.1 Å². The minimum absolute atomic E-state index is 0.145. The lowest BCUT2D eigenvalue weighted by atomic mass is 9.69. The molecule has 29 heavy (non-hydrogen) atoms. The van der Waals surface area contributed by atoms with Gasteiger partial charge in [0, 0.05) is 14.4 Å². The van der Waals surface area contributed by atoms with Crippen LogP contribution in [0.1, 0.15) is 41.5 Å². The van der Waals surface area contributed by atoms with E-state index in [2.05, 4.69) is 112 Å². The summed E-state index contributed by atoms with van der Waals surface area (Å²) in [6.45, 7) is 5.94. The van der Waals surface area contributed by atoms with E-state index in [0.717, 1.165) is 28.2 Å². The lowest BCUT2D eigenvalue weighted by Crippen LogP contribution is -2.27. The third kappa shape index (κ3) is 3.69. The van der Waals surface area contributed by atoms with E-state index in [0.29, 0.717) is 0 Å². The number of rotatable bonds is 6. The quantitative estimate of drug-likeness (QED) is 0.231. The van der Waals surface area contributed by atoms with Crippen molar-refractivity contribution in [2.75, 3.05) is 0 Å². The summed E-state index contributed by atoms with van der Waals surface area (Å²) in [5, 5.41) is 0. The molecule has 0 saturated carbocycles. The molecular weight excluding hydrogens is 484 g/mol. The first kappa shape index (κ1) is 20.4. The third-order valence-electron chi connectivity index (χ3n) is 5.91. The fraction of sp³-hybridized carbons (Fsp3) is 0.185. The van der Waals surface area contributed by atoms with E-state index in [1.54, 1.807) is 0 Å². The molecule has 0 saturated heterocycles. The van der Waals surface area contributed by atoms with E-state index in [4.69, 9.17) is 0 Å². The van der Waals surface area contributed by atoms with E-state index < -0.39 is 0 Å². The molecule has 3 aromatic carbocycles. The van der Waals surface area contributed by atoms with E-state index in [1.165, 1.54) is 33.4 Å². The molecular formula is C27H24Br2. The van der Waals surface area contributed by atoms with E-state index in [-0.39, 0.29) is 5.41 Å². The zero-order valence-electron chi connectivity index (χ0n) is 16.6. The first-order chi connectivity index (χ1) is 14.1. The lowest BCUT2D eigenvalue weighted by molar-refractivity contribution is 0.547. The summed E-state index contributed by atoms with van der Waals surface area (Å²) < 4.78 is 2.26. The summed E-state index contributed by atoms with van der Waals surface area (Å²) in [7, 11) is 0. The van der Waals surface area contributed by atoms with Gasteiger partial charge in [-0.3, -0.25) is 0 Å². The second-order valence-electron chi connectivity index (χ2n) is 7.71. The Kier molecular flexibility index (Phi) is 5.94. The van der Waals surface area contributed by atoms with Crippen molar-refractivity contribution < 1.29 is 0 Å². The molecule has 0 radical (unpaired) electrons. The number of allylic oxidation sites excluding steroid dienone is 3. The average Bonchev–Trinajstić information content (AvgIpc) is 2.98. The molecule has 3 aromatic rings. The SMILES string of the molecule is C=C/C=C/CCCC1(c2ccc(C)cc2)c2cc(Br)ccc2-c2ccc(Br)cc21. The summed E-state index contributed by atoms with van der Waals surface area (Å²) in [5.41, 5.74) is 8.00. The number of benzene rings is 3. The van der Waals surface area contributed by atoms with Crippen LogP contribution < -0.4 is 0 Å². The molecule has 0 fully saturated rings. The first-order valence-corrected chi connectivity index (χ1v) is 11.6. The number of fused-ring (bicyclic) bond motifs is 3. The van der Waals surface area contributed by atoms with Crippen LogP contribution in [0, 0.1) is 6.92 Å². The van der Waals surface area contributed by atoms with Gasteiger partial charge in [-0.05, 0) is 78.3 Å². The second-order valence-corrected chi connectivity index (χ2v) is 9.54. The highest BCUT2D eigenvalue weighted by Gasteiger charge is 2.44. The van der Waals surface area contributed by atoms with Gasteiger partial charge in [-0.2, -0.15) is 0 Å². The summed E-state index contributed by atoms with van der Waals surface area (Å²) in [6.07, 6.45) is 9.33. The van der Waals surface area contributed by atoms with Crippen LogP contribution in [0.15, 0.2) is 94.4 Å². The molecule has 0 unspecified atom stereocenters. The third-order valence-corrected chi connectivity index (χ3v) is 6.90. The molecule has 0 aliphatic heterocycles. The molecule has 2 heteroatoms. The second kappa shape index (κ2) is 8.45. The molecule has 0 N–H and O–H groups in total. The van der Waals surface area contributed by atoms with Gasteiger partial charge in [0.2, 0.25) is 0 Å². The zero-order chi connectivity index (χ0) is 20.4. The number of unbranched alkanes of at least 4 members (excludes halogenated alkanes) is 1. The molecule has 146 valence electrons. The molecule has 0 aromatic heterocycles. The Hall–Kier alpha value is -1.90. The molecule has 1 aliphatic rings. The first-order valence-electron chi connectivity index (χ1n) is 10.0. The molecule has 0 nitrogen and oxygen atoms in total. The van der Waals surface area contributed by atoms with Crippen LogP contribution in [0.5, 0.6) is 0 Å². The fourth-order valence-electron chi connectivity index (χ4n) is 4.59. The van der Waals surface area contributed by atoms with E-state index >= 15 is 0 Å². The maximum atomic E-state index is 3.79. The fourth-order valence-corrected chi connectivity index (χ4v) is 5.32. The van der Waals surface area contributed by atoms with Crippen LogP contribution in [-0.2, 0) is 5.41 Å². The molecule has 0 amide bonds. The van der Waals surface area contributed by atoms with Crippen molar-refractivity contribution in [2.45, 2.75) is 31.6 Å². The Morgan fingerprint density at radius 2 is 1.45 bits per heavy atom. The topological polar surface area (TPSA) is 0 Å². The van der Waals surface area contributed by atoms with Gasteiger partial charge in [0.25, 0.3) is 0 Å². The standard InChI is InChI=1S/C27H24Br2/c1-3-4-5-6-7-16-27(20-10-8-19(2)9-11-20)25-17-21(28)12-14-23(25)24-15-13-22(29)18-26(24)27/h3-5,8-15,17-18H,1,6-7,16H2,2H3/b5-4+. The van der Waals surface area contributed by atoms with Crippen LogP contribution in [0.4, 0.5) is 0 Å². The maximum Gasteiger partial charge on any atom is 0.0464 e. The predicted molar refractivity (Wildman–Crippen MR) is 132 cm³/mol. The Morgan fingerprint density at radius 1 is 0.862 bits per heavy atom. The Balaban J connectivity index is 1.94. The smallest absolute Gasteiger partial charge is 0.0464 e. The van der Waals surface area contributed by atoms with E-state index in [1.807, 2.05) is 12.2 Å². The Bertz CT molecular complexity index is 1020. The van der Waals surface area contributed by atoms with Crippen molar-refractivity contribution >= 4 is 31.9 Å². The number of halogens is 2. The van der Waals surface area contributed by atoms with Crippen LogP contribution >= 0.6 is 31.9 Å². The normalized spacial score (nSPS) is 14.0. The Morgan fingerprint density at radius 3 is 2.00 bits per heavy atom. The van der Waals surface area contributed by atoms with Gasteiger partial charge in [0.15, 0.2) is 0 Å². The maximum absolute atomic E-state index is 3.79. The van der Waals surface area contributed by atoms with Gasteiger partial charge in [-0.15, -0.1) is 0 Å². The van der Waals surface area contributed by atoms with Crippen LogP contribution in [0.25, 0.3) is 11.1 Å². The summed E-state index contributed by atoms with van der Waals surface area (Å²) >= 11 is 7.46. The van der Waals surface area contributed by atoms with Crippen molar-refractivity contribution in [1.29, 1.82) is 0 Å². The van der Waals surface area contributed by atoms with Crippen molar-refractivity contribution in [1.82, 2.24) is 0 Å². The molecule has 0 heterocycles. The number of aryl methyl sites for hydroxylation is 1. The highest BCUT2D eigenvalue weighted by Crippen LogP contribution is 2.56. The summed E-state index contributed by atoms with van der Waals surface area (Å²) in [6, 6.07) is 22.6. The van der Waals surface area contributed by atoms with Gasteiger partial charge in [0.05, 0.1) is 0 Å². The predicted octanol–water partition coefficient (Wildman–Crippen LogP) is 8.75. The molecule has 0 atom stereocenters. The van der Waals surface area contributed by atoms with Crippen LogP contribution in [-0.4, -0.2) is 0 Å². The van der Waals surface area contributed by atoms with Gasteiger partial charge < -0.3 is 0 Å². The average molecular weight is 508 g/mol. The van der Waals surface area contributed by atoms with E-state index in [9.17, 15) is 0 Å². The molecule has 0 spiro atoms. The van der Waals surface area contributed by atoms with Gasteiger partial charge in [-0.1, -0.05) is 98.6 Å². The monoisotopic (exact) mass is 506 g/mol. The lowest BCUT2D eigenvalue weighted by Gasteiger charge is -2.33. The number of hydrogen-bond acceptors (Lipinski definition) is 0. The Labute approximate surface area is 190 Å². The van der Waals surface area contributed by atoms with Gasteiger partial charge in [-0.25, -0.2) is 0 Å². The molecule has 4 rings (SSSR count). The summed E-state index contributed by atoms with van der Waals surface area (Å²) in [4.78, 5) is 0. The molecule has 1 aliphatic carbocycles. The van der Waals surface area contributed by atoms with Crippen molar-refractivity contribution in [3.63, 3.8) is 0 Å². The highest BCUT2D eigenvalue weighted by atomic mass is 79.9. The zero-order valence-corrected chi connectivity index (χ0v) is 19.8. The summed E-state index contributed by atoms with van der Waals surface area (Å²) in [5.74, 6) is 0. The number of hydrogen-bond donors (Lipinski definition) is 0. The van der Waals surface area contributed by atoms with Gasteiger partial charge in [0.1, 0.15) is 0 Å². The minimum Gasteiger partial charge on any atom is -0.0991 e. The van der Waals surface area contributed by atoms with Crippen molar-refractivity contribution in [2.24, 2.45) is 0 Å². The van der Waals surface area contributed by atoms with Crippen LogP contribution in [0.2, 0.25) is 0 Å². The minimum atomic E-state index is -0.145. The largest absolute Gasteiger partial charge is 0.0991 e. The van der Waals surface area contributed by atoms with Gasteiger partial charge >= 0.3 is 0 Å². The van der Waals surface area contributed by atoms with Crippen molar-refractivity contribution in [3.05, 3.63) is 117 Å². The van der Waals surface area contributed by atoms with Crippen LogP contribution in [0.3, 0.4) is 0 Å². The molecule has 0 bridgehead atoms. The highest BCUT2D eigenvalue weighted by molar-refractivity contribution is 9.10.